The third-order valence-corrected chi connectivity index (χ3v) is 3.22. The van der Waals surface area contributed by atoms with E-state index in [1.165, 1.54) is 12.3 Å². The van der Waals surface area contributed by atoms with E-state index in [2.05, 4.69) is 14.4 Å². The van der Waals surface area contributed by atoms with Crippen LogP contribution in [0.3, 0.4) is 0 Å². The van der Waals surface area contributed by atoms with Crippen molar-refractivity contribution in [2.24, 2.45) is 0 Å². The number of nitrogens with zero attached hydrogens (tertiary/aromatic N) is 1. The van der Waals surface area contributed by atoms with Gasteiger partial charge in [-0.25, -0.2) is 13.4 Å². The molecule has 1 rings (SSSR count). The summed E-state index contributed by atoms with van der Waals surface area (Å²) in [5.74, 6) is -0.875. The summed E-state index contributed by atoms with van der Waals surface area (Å²) in [6.45, 7) is 1.87. The molecule has 3 N–H and O–H groups in total. The van der Waals surface area contributed by atoms with Crippen LogP contribution in [-0.2, 0) is 19.6 Å². The molecule has 0 aliphatic heterocycles. The van der Waals surface area contributed by atoms with Crippen LogP contribution in [-0.4, -0.2) is 31.7 Å². The Balaban J connectivity index is 2.60. The highest BCUT2D eigenvalue weighted by atomic mass is 32.2. The van der Waals surface area contributed by atoms with Gasteiger partial charge in [-0.2, -0.15) is 0 Å². The van der Waals surface area contributed by atoms with Gasteiger partial charge in [-0.3, -0.25) is 9.52 Å². The molecular formula is C10H15N3O4S. The molecular weight excluding hydrogens is 258 g/mol. The van der Waals surface area contributed by atoms with Crippen molar-refractivity contribution in [2.75, 3.05) is 22.8 Å². The number of rotatable bonds is 6. The number of nitrogen functional groups attached to an aromatic ring is 1. The number of aromatic nitrogens is 1. The van der Waals surface area contributed by atoms with E-state index < -0.39 is 16.0 Å². The molecule has 0 bridgehead atoms. The van der Waals surface area contributed by atoms with Gasteiger partial charge in [0, 0.05) is 6.20 Å². The van der Waals surface area contributed by atoms with Crippen molar-refractivity contribution in [3.63, 3.8) is 0 Å². The van der Waals surface area contributed by atoms with Crippen LogP contribution in [0.4, 0.5) is 11.5 Å². The van der Waals surface area contributed by atoms with Crippen LogP contribution in [0, 0.1) is 0 Å². The number of anilines is 2. The number of nitrogens with two attached hydrogens (primary N) is 1. The summed E-state index contributed by atoms with van der Waals surface area (Å²) in [5, 5.41) is 0. The number of pyridine rings is 1. The van der Waals surface area contributed by atoms with E-state index in [1.807, 2.05) is 0 Å². The molecule has 0 amide bonds. The lowest BCUT2D eigenvalue weighted by Crippen LogP contribution is -2.21. The van der Waals surface area contributed by atoms with Crippen LogP contribution in [0.25, 0.3) is 0 Å². The summed E-state index contributed by atoms with van der Waals surface area (Å²) in [4.78, 5) is 14.8. The van der Waals surface area contributed by atoms with Crippen LogP contribution < -0.4 is 10.5 Å². The molecule has 0 atom stereocenters. The zero-order chi connectivity index (χ0) is 13.6. The summed E-state index contributed by atoms with van der Waals surface area (Å²) in [7, 11) is -3.66. The molecule has 100 valence electrons. The van der Waals surface area contributed by atoms with E-state index in [-0.39, 0.29) is 30.3 Å². The molecule has 0 aliphatic carbocycles. The molecule has 1 aromatic heterocycles. The van der Waals surface area contributed by atoms with Crippen LogP contribution >= 0.6 is 0 Å². The Kier molecular flexibility index (Phi) is 4.90. The summed E-state index contributed by atoms with van der Waals surface area (Å²) in [6.07, 6.45) is 1.20. The first-order chi connectivity index (χ1) is 8.44. The van der Waals surface area contributed by atoms with Crippen molar-refractivity contribution in [3.05, 3.63) is 18.3 Å². The summed E-state index contributed by atoms with van der Waals surface area (Å²) < 4.78 is 30.1. The fourth-order valence-corrected chi connectivity index (χ4v) is 2.15. The molecule has 7 nitrogen and oxygen atoms in total. The Labute approximate surface area is 105 Å². The minimum Gasteiger partial charge on any atom is -0.466 e. The van der Waals surface area contributed by atoms with E-state index in [1.54, 1.807) is 13.0 Å². The molecule has 1 heterocycles. The van der Waals surface area contributed by atoms with Crippen LogP contribution in [0.5, 0.6) is 0 Å². The van der Waals surface area contributed by atoms with Crippen molar-refractivity contribution < 1.29 is 17.9 Å². The molecule has 0 aromatic carbocycles. The number of carbonyl (C=O) groups is 1. The normalized spacial score (nSPS) is 10.9. The standard InChI is InChI=1S/C10H15N3O4S/c1-2-17-9(14)5-7-18(15,16)13-10-8(11)4-3-6-12-10/h3-4,6H,2,5,7,11H2,1H3,(H,12,13). The minimum absolute atomic E-state index is 0.0568. The maximum Gasteiger partial charge on any atom is 0.306 e. The predicted molar refractivity (Wildman–Crippen MR) is 67.3 cm³/mol. The number of carbonyl (C=O) groups excluding carboxylic acids is 1. The summed E-state index contributed by atoms with van der Waals surface area (Å²) >= 11 is 0. The predicted octanol–water partition coefficient (Wildman–Crippen LogP) is 0.359. The Morgan fingerprint density at radius 2 is 2.28 bits per heavy atom. The van der Waals surface area contributed by atoms with E-state index in [0.717, 1.165) is 0 Å². The Morgan fingerprint density at radius 1 is 1.56 bits per heavy atom. The fraction of sp³-hybridized carbons (Fsp3) is 0.400. The number of hydrogen-bond acceptors (Lipinski definition) is 6. The van der Waals surface area contributed by atoms with Gasteiger partial charge in [-0.15, -0.1) is 0 Å². The van der Waals surface area contributed by atoms with Gasteiger partial charge in [0.1, 0.15) is 0 Å². The van der Waals surface area contributed by atoms with Gasteiger partial charge in [-0.1, -0.05) is 0 Å². The van der Waals surface area contributed by atoms with Crippen molar-refractivity contribution in [2.45, 2.75) is 13.3 Å². The van der Waals surface area contributed by atoms with Gasteiger partial charge < -0.3 is 10.5 Å². The minimum atomic E-state index is -3.66. The third kappa shape index (κ3) is 4.58. The Bertz CT molecular complexity index is 516. The van der Waals surface area contributed by atoms with Gasteiger partial charge >= 0.3 is 5.97 Å². The van der Waals surface area contributed by atoms with Crippen molar-refractivity contribution in [1.29, 1.82) is 0 Å². The summed E-state index contributed by atoms with van der Waals surface area (Å²) in [5.41, 5.74) is 5.77. The highest BCUT2D eigenvalue weighted by molar-refractivity contribution is 7.92. The first-order valence-corrected chi connectivity index (χ1v) is 6.96. The zero-order valence-electron chi connectivity index (χ0n) is 9.92. The maximum atomic E-state index is 11.6. The molecule has 0 saturated carbocycles. The maximum absolute atomic E-state index is 11.6. The average Bonchev–Trinajstić information content (AvgIpc) is 2.30. The zero-order valence-corrected chi connectivity index (χ0v) is 10.7. The molecule has 1 aromatic rings. The quantitative estimate of drug-likeness (QED) is 0.724. The van der Waals surface area contributed by atoms with Crippen LogP contribution in [0.1, 0.15) is 13.3 Å². The lowest BCUT2D eigenvalue weighted by Gasteiger charge is -2.08. The van der Waals surface area contributed by atoms with Crippen molar-refractivity contribution in [1.82, 2.24) is 4.98 Å². The fourth-order valence-electron chi connectivity index (χ4n) is 1.15. The summed E-state index contributed by atoms with van der Waals surface area (Å²) in [6, 6.07) is 3.11. The van der Waals surface area contributed by atoms with Crippen molar-refractivity contribution in [3.8, 4) is 0 Å². The second-order valence-electron chi connectivity index (χ2n) is 3.42. The number of esters is 1. The average molecular weight is 273 g/mol. The van der Waals surface area contributed by atoms with Gasteiger partial charge in [0.05, 0.1) is 24.5 Å². The van der Waals surface area contributed by atoms with Gasteiger partial charge in [0.25, 0.3) is 0 Å². The third-order valence-electron chi connectivity index (χ3n) is 1.97. The van der Waals surface area contributed by atoms with E-state index in [0.29, 0.717) is 0 Å². The molecule has 18 heavy (non-hydrogen) atoms. The number of ether oxygens (including phenoxy) is 1. The van der Waals surface area contributed by atoms with E-state index in [9.17, 15) is 13.2 Å². The highest BCUT2D eigenvalue weighted by Gasteiger charge is 2.15. The lowest BCUT2D eigenvalue weighted by molar-refractivity contribution is -0.142. The molecule has 0 saturated heterocycles. The Morgan fingerprint density at radius 3 is 2.89 bits per heavy atom. The largest absolute Gasteiger partial charge is 0.466 e. The smallest absolute Gasteiger partial charge is 0.306 e. The number of nitrogens with one attached hydrogen (secondary N) is 1. The SMILES string of the molecule is CCOC(=O)CCS(=O)(=O)Nc1ncccc1N. The molecule has 8 heteroatoms. The van der Waals surface area contributed by atoms with E-state index in [4.69, 9.17) is 5.73 Å². The van der Waals surface area contributed by atoms with Crippen LogP contribution in [0.15, 0.2) is 18.3 Å². The van der Waals surface area contributed by atoms with Gasteiger partial charge in [0.15, 0.2) is 5.82 Å². The monoisotopic (exact) mass is 273 g/mol. The van der Waals surface area contributed by atoms with Gasteiger partial charge in [-0.05, 0) is 19.1 Å². The Hall–Kier alpha value is -1.83. The van der Waals surface area contributed by atoms with Crippen LogP contribution in [0.2, 0.25) is 0 Å². The molecule has 0 spiro atoms. The second kappa shape index (κ2) is 6.20. The lowest BCUT2D eigenvalue weighted by atomic mass is 10.4. The molecule has 0 fully saturated rings. The molecule has 0 radical (unpaired) electrons. The topological polar surface area (TPSA) is 111 Å². The molecule has 0 unspecified atom stereocenters. The second-order valence-corrected chi connectivity index (χ2v) is 5.26. The highest BCUT2D eigenvalue weighted by Crippen LogP contribution is 2.14. The van der Waals surface area contributed by atoms with Crippen molar-refractivity contribution >= 4 is 27.5 Å². The van der Waals surface area contributed by atoms with Gasteiger partial charge in [0.2, 0.25) is 10.0 Å². The molecule has 0 aliphatic rings. The van der Waals surface area contributed by atoms with E-state index >= 15 is 0 Å². The first kappa shape index (κ1) is 14.2. The number of hydrogen-bond donors (Lipinski definition) is 2. The number of sulfonamides is 1. The first-order valence-electron chi connectivity index (χ1n) is 5.31.